The number of nitrogens with one attached hydrogen (secondary N) is 1. The first kappa shape index (κ1) is 26.9. The number of rotatable bonds is 8. The van der Waals surface area contributed by atoms with Crippen LogP contribution in [-0.4, -0.2) is 25.9 Å². The fourth-order valence-electron chi connectivity index (χ4n) is 5.19. The second-order valence-electron chi connectivity index (χ2n) is 9.53. The summed E-state index contributed by atoms with van der Waals surface area (Å²) in [5.41, 5.74) is 2.84. The summed E-state index contributed by atoms with van der Waals surface area (Å²) in [7, 11) is -3.85. The van der Waals surface area contributed by atoms with Gasteiger partial charge in [0.15, 0.2) is 0 Å². The normalized spacial score (nSPS) is 22.5. The SMILES string of the molecule is C=CCC(F)(F)c1cccc(N2NC3(C)c4cccnc4N(S(=O)(=O)C(=CC)CCC)CCC3C2=O)c1. The van der Waals surface area contributed by atoms with Crippen LogP contribution in [0.5, 0.6) is 0 Å². The first-order valence-corrected chi connectivity index (χ1v) is 13.8. The van der Waals surface area contributed by atoms with Crippen molar-refractivity contribution in [2.75, 3.05) is 15.9 Å². The van der Waals surface area contributed by atoms with E-state index in [-0.39, 0.29) is 35.9 Å². The van der Waals surface area contributed by atoms with Crippen LogP contribution in [0.3, 0.4) is 0 Å². The lowest BCUT2D eigenvalue weighted by atomic mass is 9.80. The number of amides is 1. The van der Waals surface area contributed by atoms with Gasteiger partial charge in [0.1, 0.15) is 5.82 Å². The van der Waals surface area contributed by atoms with Gasteiger partial charge in [-0.3, -0.25) is 4.79 Å². The van der Waals surface area contributed by atoms with Crippen LogP contribution >= 0.6 is 0 Å². The number of anilines is 2. The highest BCUT2D eigenvalue weighted by Crippen LogP contribution is 2.46. The number of benzene rings is 1. The number of nitrogens with zero attached hydrogens (tertiary/aromatic N) is 3. The molecule has 7 nitrogen and oxygen atoms in total. The Morgan fingerprint density at radius 2 is 2.08 bits per heavy atom. The predicted molar refractivity (Wildman–Crippen MR) is 140 cm³/mol. The van der Waals surface area contributed by atoms with Crippen LogP contribution < -0.4 is 14.7 Å². The van der Waals surface area contributed by atoms with Gasteiger partial charge < -0.3 is 0 Å². The van der Waals surface area contributed by atoms with Crippen molar-refractivity contribution < 1.29 is 22.0 Å². The largest absolute Gasteiger partial charge is 0.276 e. The second-order valence-corrected chi connectivity index (χ2v) is 11.4. The smallest absolute Gasteiger partial charge is 0.273 e. The molecule has 2 aromatic rings. The average Bonchev–Trinajstić information content (AvgIpc) is 3.05. The van der Waals surface area contributed by atoms with Gasteiger partial charge in [-0.15, -0.1) is 6.58 Å². The maximum atomic E-state index is 14.6. The Kier molecular flexibility index (Phi) is 7.27. The van der Waals surface area contributed by atoms with E-state index in [0.717, 1.165) is 6.08 Å². The van der Waals surface area contributed by atoms with Gasteiger partial charge in [0.2, 0.25) is 5.91 Å². The minimum atomic E-state index is -3.85. The van der Waals surface area contributed by atoms with Crippen LogP contribution in [0.25, 0.3) is 0 Å². The first-order chi connectivity index (χ1) is 17.5. The van der Waals surface area contributed by atoms with E-state index in [9.17, 15) is 22.0 Å². The molecule has 2 unspecified atom stereocenters. The van der Waals surface area contributed by atoms with E-state index in [2.05, 4.69) is 17.0 Å². The Morgan fingerprint density at radius 1 is 1.32 bits per heavy atom. The number of halogens is 2. The van der Waals surface area contributed by atoms with Gasteiger partial charge in [0.25, 0.3) is 15.9 Å². The lowest BCUT2D eigenvalue weighted by molar-refractivity contribution is -0.121. The Morgan fingerprint density at radius 3 is 2.76 bits per heavy atom. The molecule has 37 heavy (non-hydrogen) atoms. The standard InChI is InChI=1S/C27H32F2N4O3S/c1-5-10-21(7-3)37(35,36)32-17-14-23-25(34)33(31-26(23,4)22-13-9-16-30-24(22)32)20-12-8-11-19(18-20)27(28,29)15-6-2/h6-9,11-13,16,18,23,31H,2,5,10,14-15,17H2,1,3-4H3. The summed E-state index contributed by atoms with van der Waals surface area (Å²) < 4.78 is 57.7. The van der Waals surface area contributed by atoms with Gasteiger partial charge in [-0.1, -0.05) is 43.7 Å². The van der Waals surface area contributed by atoms with E-state index < -0.39 is 33.8 Å². The van der Waals surface area contributed by atoms with Crippen LogP contribution in [-0.2, 0) is 26.3 Å². The molecule has 0 spiro atoms. The molecule has 1 N–H and O–H groups in total. The van der Waals surface area contributed by atoms with Crippen molar-refractivity contribution in [1.82, 2.24) is 10.4 Å². The highest BCUT2D eigenvalue weighted by molar-refractivity contribution is 7.96. The fourth-order valence-corrected chi connectivity index (χ4v) is 6.95. The highest BCUT2D eigenvalue weighted by Gasteiger charge is 2.54. The summed E-state index contributed by atoms with van der Waals surface area (Å²) in [6, 6.07) is 9.17. The van der Waals surface area contributed by atoms with Crippen molar-refractivity contribution in [3.05, 3.63) is 77.4 Å². The van der Waals surface area contributed by atoms with Crippen LogP contribution in [0, 0.1) is 5.92 Å². The average molecular weight is 531 g/mol. The van der Waals surface area contributed by atoms with Crippen LogP contribution in [0.4, 0.5) is 20.3 Å². The maximum absolute atomic E-state index is 14.6. The molecule has 1 aromatic carbocycles. The minimum absolute atomic E-state index is 0.0619. The van der Waals surface area contributed by atoms with E-state index in [1.54, 1.807) is 31.2 Å². The van der Waals surface area contributed by atoms with Crippen molar-refractivity contribution in [2.24, 2.45) is 5.92 Å². The summed E-state index contributed by atoms with van der Waals surface area (Å²) >= 11 is 0. The zero-order chi connectivity index (χ0) is 27.0. The van der Waals surface area contributed by atoms with Gasteiger partial charge in [-0.25, -0.2) is 36.9 Å². The quantitative estimate of drug-likeness (QED) is 0.464. The van der Waals surface area contributed by atoms with Gasteiger partial charge in [0.05, 0.1) is 22.0 Å². The van der Waals surface area contributed by atoms with Crippen molar-refractivity contribution in [3.8, 4) is 0 Å². The third kappa shape index (κ3) is 4.57. The number of carbonyl (C=O) groups is 1. The molecule has 0 bridgehead atoms. The number of carbonyl (C=O) groups excluding carboxylic acids is 1. The Bertz CT molecular complexity index is 1340. The third-order valence-corrected chi connectivity index (χ3v) is 9.17. The van der Waals surface area contributed by atoms with E-state index in [1.165, 1.54) is 33.7 Å². The molecule has 10 heteroatoms. The molecule has 3 heterocycles. The number of sulfonamides is 1. The van der Waals surface area contributed by atoms with Gasteiger partial charge in [0, 0.05) is 30.3 Å². The van der Waals surface area contributed by atoms with E-state index >= 15 is 0 Å². The maximum Gasteiger partial charge on any atom is 0.276 e. The highest BCUT2D eigenvalue weighted by atomic mass is 32.2. The summed E-state index contributed by atoms with van der Waals surface area (Å²) in [6.45, 7) is 8.91. The summed E-state index contributed by atoms with van der Waals surface area (Å²) in [4.78, 5) is 18.5. The Balaban J connectivity index is 1.77. The van der Waals surface area contributed by atoms with E-state index in [1.807, 2.05) is 13.8 Å². The van der Waals surface area contributed by atoms with Gasteiger partial charge in [-0.05, 0) is 44.9 Å². The minimum Gasteiger partial charge on any atom is -0.273 e. The number of aromatic nitrogens is 1. The fraction of sp³-hybridized carbons (Fsp3) is 0.407. The molecule has 0 aliphatic carbocycles. The van der Waals surface area contributed by atoms with Gasteiger partial charge >= 0.3 is 0 Å². The molecule has 1 fully saturated rings. The van der Waals surface area contributed by atoms with E-state index in [4.69, 9.17) is 0 Å². The molecule has 1 aromatic heterocycles. The summed E-state index contributed by atoms with van der Waals surface area (Å²) in [5, 5.41) is 1.30. The Labute approximate surface area is 216 Å². The number of fused-ring (bicyclic) bond motifs is 3. The molecular formula is C27H32F2N4O3S. The molecule has 0 saturated carbocycles. The second kappa shape index (κ2) is 9.98. The summed E-state index contributed by atoms with van der Waals surface area (Å²) in [6.07, 6.45) is 5.07. The zero-order valence-electron chi connectivity index (χ0n) is 21.2. The molecule has 2 aliphatic rings. The monoisotopic (exact) mass is 530 g/mol. The van der Waals surface area contributed by atoms with Crippen molar-refractivity contribution in [3.63, 3.8) is 0 Å². The lowest BCUT2D eigenvalue weighted by Crippen LogP contribution is -2.44. The molecule has 0 radical (unpaired) electrons. The van der Waals surface area contributed by atoms with Crippen LogP contribution in [0.2, 0.25) is 0 Å². The van der Waals surface area contributed by atoms with Crippen LogP contribution in [0.1, 0.15) is 57.6 Å². The molecule has 2 atom stereocenters. The molecule has 2 aliphatic heterocycles. The Hall–Kier alpha value is -3.11. The molecule has 4 rings (SSSR count). The summed E-state index contributed by atoms with van der Waals surface area (Å²) in [5.74, 6) is -3.83. The van der Waals surface area contributed by atoms with Crippen molar-refractivity contribution in [1.29, 1.82) is 0 Å². The number of pyridine rings is 1. The number of hydrazine groups is 1. The lowest BCUT2D eigenvalue weighted by Gasteiger charge is -2.31. The van der Waals surface area contributed by atoms with E-state index in [0.29, 0.717) is 23.3 Å². The molecule has 1 saturated heterocycles. The topological polar surface area (TPSA) is 82.6 Å². The van der Waals surface area contributed by atoms with Crippen molar-refractivity contribution in [2.45, 2.75) is 57.9 Å². The predicted octanol–water partition coefficient (Wildman–Crippen LogP) is 5.38. The molecular weight excluding hydrogens is 498 g/mol. The zero-order valence-corrected chi connectivity index (χ0v) is 22.1. The third-order valence-electron chi connectivity index (χ3n) is 7.13. The van der Waals surface area contributed by atoms with Gasteiger partial charge in [-0.2, -0.15) is 0 Å². The number of alkyl halides is 2. The number of allylic oxidation sites excluding steroid dienone is 3. The molecule has 1 amide bonds. The first-order valence-electron chi connectivity index (χ1n) is 12.4. The van der Waals surface area contributed by atoms with Crippen LogP contribution in [0.15, 0.2) is 66.2 Å². The molecule has 198 valence electrons. The number of hydrogen-bond donors (Lipinski definition) is 1. The number of hydrogen-bond acceptors (Lipinski definition) is 5. The van der Waals surface area contributed by atoms with Crippen molar-refractivity contribution >= 4 is 27.4 Å².